The fourth-order valence-electron chi connectivity index (χ4n) is 6.39. The molecule has 0 unspecified atom stereocenters. The van der Waals surface area contributed by atoms with Crippen molar-refractivity contribution in [1.82, 2.24) is 14.5 Å². The van der Waals surface area contributed by atoms with E-state index in [0.717, 1.165) is 16.8 Å². The number of carbonyl (C=O) groups excluding carboxylic acids is 1. The van der Waals surface area contributed by atoms with Crippen molar-refractivity contribution in [2.45, 2.75) is 19.4 Å². The minimum Gasteiger partial charge on any atom is -0.495 e. The van der Waals surface area contributed by atoms with Crippen molar-refractivity contribution >= 4 is 57.9 Å². The summed E-state index contributed by atoms with van der Waals surface area (Å²) in [6.07, 6.45) is 7.06. The molecule has 3 heterocycles. The molecule has 0 bridgehead atoms. The van der Waals surface area contributed by atoms with E-state index in [9.17, 15) is 19.7 Å². The number of pyridine rings is 1. The van der Waals surface area contributed by atoms with Gasteiger partial charge >= 0.3 is 5.82 Å². The Morgan fingerprint density at radius 2 is 1.73 bits per heavy atom. The molecule has 6 rings (SSSR count). The van der Waals surface area contributed by atoms with E-state index in [-0.39, 0.29) is 63.2 Å². The van der Waals surface area contributed by atoms with Crippen LogP contribution in [0.25, 0.3) is 22.2 Å². The van der Waals surface area contributed by atoms with E-state index in [1.54, 1.807) is 30.6 Å². The smallest absolute Gasteiger partial charge is 0.368 e. The number of hydrogen-bond donors (Lipinski definition) is 1. The zero-order valence-corrected chi connectivity index (χ0v) is 32.1. The van der Waals surface area contributed by atoms with Gasteiger partial charge < -0.3 is 29.4 Å². The van der Waals surface area contributed by atoms with Crippen LogP contribution in [0.5, 0.6) is 11.5 Å². The number of fused-ring (bicyclic) bond motifs is 1. The first-order valence-electron chi connectivity index (χ1n) is 17.2. The summed E-state index contributed by atoms with van der Waals surface area (Å²) >= 11 is 13.6. The number of halogens is 2. The molecule has 5 aromatic rings. The molecule has 2 aromatic heterocycles. The summed E-state index contributed by atoms with van der Waals surface area (Å²) in [5.41, 5.74) is 3.30. The van der Waals surface area contributed by atoms with Crippen LogP contribution >= 0.6 is 23.2 Å². The second kappa shape index (κ2) is 16.6. The van der Waals surface area contributed by atoms with Gasteiger partial charge in [-0.25, -0.2) is 4.98 Å². The number of nitro groups is 1. The molecule has 1 N–H and O–H groups in total. The Kier molecular flexibility index (Phi) is 11.7. The van der Waals surface area contributed by atoms with Crippen molar-refractivity contribution in [3.05, 3.63) is 138 Å². The van der Waals surface area contributed by atoms with Gasteiger partial charge in [-0.2, -0.15) is 4.98 Å². The van der Waals surface area contributed by atoms with Gasteiger partial charge in [0.05, 0.1) is 62.6 Å². The maximum atomic E-state index is 14.6. The van der Waals surface area contributed by atoms with Crippen LogP contribution in [-0.4, -0.2) is 77.3 Å². The van der Waals surface area contributed by atoms with Crippen LogP contribution < -0.4 is 20.3 Å². The third-order valence-corrected chi connectivity index (χ3v) is 9.72. The molecular weight excluding hydrogens is 745 g/mol. The molecule has 15 heteroatoms. The zero-order chi connectivity index (χ0) is 39.3. The lowest BCUT2D eigenvalue weighted by atomic mass is 10.0. The molecule has 3 aromatic carbocycles. The fourth-order valence-corrected chi connectivity index (χ4v) is 7.09. The van der Waals surface area contributed by atoms with E-state index < -0.39 is 10.5 Å². The summed E-state index contributed by atoms with van der Waals surface area (Å²) < 4.78 is 12.9. The number of ether oxygens (including phenoxy) is 2. The number of aliphatic imine (C=N–C) groups is 1. The molecule has 0 spiro atoms. The van der Waals surface area contributed by atoms with Crippen LogP contribution in [0.3, 0.4) is 0 Å². The predicted molar refractivity (Wildman–Crippen MR) is 214 cm³/mol. The lowest BCUT2D eigenvalue weighted by Gasteiger charge is -2.28. The summed E-state index contributed by atoms with van der Waals surface area (Å²) in [6.45, 7) is 1.02. The highest BCUT2D eigenvalue weighted by Crippen LogP contribution is 2.45. The highest BCUT2D eigenvalue weighted by Gasteiger charge is 2.28. The first-order chi connectivity index (χ1) is 26.4. The molecule has 1 aliphatic heterocycles. The molecule has 282 valence electrons. The fraction of sp³-hybridized carbons (Fsp3) is 0.225. The molecule has 0 saturated heterocycles. The number of likely N-dealkylation sites (N-methyl/N-ethyl adjacent to an activating group) is 1. The lowest BCUT2D eigenvalue weighted by Crippen LogP contribution is -2.41. The Bertz CT molecular complexity index is 2420. The van der Waals surface area contributed by atoms with E-state index in [2.05, 4.69) is 15.3 Å². The van der Waals surface area contributed by atoms with Gasteiger partial charge in [0.1, 0.15) is 29.9 Å². The summed E-state index contributed by atoms with van der Waals surface area (Å²) in [4.78, 5) is 51.7. The summed E-state index contributed by atoms with van der Waals surface area (Å²) in [5.74, 6) is 0.635. The Balaban J connectivity index is 1.31. The van der Waals surface area contributed by atoms with Gasteiger partial charge in [0, 0.05) is 41.7 Å². The first-order valence-corrected chi connectivity index (χ1v) is 17.9. The normalized spacial score (nSPS) is 12.8. The molecule has 13 nitrogen and oxygen atoms in total. The Hall–Kier alpha value is -5.89. The molecule has 0 amide bonds. The van der Waals surface area contributed by atoms with Gasteiger partial charge in [0.25, 0.3) is 5.56 Å². The maximum Gasteiger partial charge on any atom is 0.368 e. The number of hydrogen-bond acceptors (Lipinski definition) is 10. The van der Waals surface area contributed by atoms with Crippen molar-refractivity contribution in [1.29, 1.82) is 0 Å². The summed E-state index contributed by atoms with van der Waals surface area (Å²) in [7, 11) is 6.81. The van der Waals surface area contributed by atoms with E-state index >= 15 is 0 Å². The van der Waals surface area contributed by atoms with Crippen LogP contribution in [0.1, 0.15) is 17.5 Å². The van der Waals surface area contributed by atoms with E-state index in [0.29, 0.717) is 40.6 Å². The molecular formula is C40H38Cl2N7O6+. The first kappa shape index (κ1) is 38.8. The standard InChI is InChI=1S/C40H37Cl2N7O6/c1-49(2,24-27-15-16-43-37(27)48(52)53)17-9-14-30(50)19-25-10-8-11-26(18-25)23-47-38-28(22-44-40(46-38)45-29-12-6-5-7-13-29)20-31(39(47)51)34-35(41)32(54-3)21-33(55-4)36(34)42/h5-14,16,18,20-22H,15,17,19,23-24H2,1-4H3/p+1/b14-9+. The molecule has 0 fully saturated rings. The number of quaternary nitrogens is 1. The van der Waals surface area contributed by atoms with Crippen LogP contribution in [0, 0.1) is 10.1 Å². The number of rotatable bonds is 15. The molecule has 55 heavy (non-hydrogen) atoms. The van der Waals surface area contributed by atoms with Gasteiger partial charge in [-0.1, -0.05) is 70.7 Å². The van der Waals surface area contributed by atoms with Gasteiger partial charge in [-0.15, -0.1) is 0 Å². The Labute approximate surface area is 326 Å². The Morgan fingerprint density at radius 3 is 2.42 bits per heavy atom. The second-order valence-electron chi connectivity index (χ2n) is 13.5. The number of ketones is 1. The highest BCUT2D eigenvalue weighted by molar-refractivity contribution is 6.41. The van der Waals surface area contributed by atoms with Gasteiger partial charge in [0.15, 0.2) is 5.78 Å². The second-order valence-corrected chi connectivity index (χ2v) is 14.3. The number of allylic oxidation sites excluding steroid dienone is 1. The molecule has 0 aliphatic carbocycles. The average Bonchev–Trinajstić information content (AvgIpc) is 3.62. The maximum absolute atomic E-state index is 14.6. The number of nitrogens with zero attached hydrogens (tertiary/aromatic N) is 6. The Morgan fingerprint density at radius 1 is 1.02 bits per heavy atom. The van der Waals surface area contributed by atoms with Crippen molar-refractivity contribution in [3.8, 4) is 22.6 Å². The minimum atomic E-state index is -0.459. The highest BCUT2D eigenvalue weighted by atomic mass is 35.5. The molecule has 1 aliphatic rings. The van der Waals surface area contributed by atoms with Gasteiger partial charge in [-0.3, -0.25) is 14.2 Å². The van der Waals surface area contributed by atoms with Crippen LogP contribution in [-0.2, 0) is 17.8 Å². The van der Waals surface area contributed by atoms with Crippen molar-refractivity contribution in [2.24, 2.45) is 4.99 Å². The lowest BCUT2D eigenvalue weighted by molar-refractivity contribution is -0.880. The topological polar surface area (TPSA) is 151 Å². The van der Waals surface area contributed by atoms with Crippen molar-refractivity contribution in [2.75, 3.05) is 46.7 Å². The van der Waals surface area contributed by atoms with Crippen LogP contribution in [0.15, 0.2) is 106 Å². The zero-order valence-electron chi connectivity index (χ0n) is 30.6. The molecule has 0 radical (unpaired) electrons. The quantitative estimate of drug-likeness (QED) is 0.0500. The molecule has 0 atom stereocenters. The number of carbonyl (C=O) groups is 1. The number of methoxy groups -OCH3 is 2. The number of benzene rings is 3. The third kappa shape index (κ3) is 8.92. The number of aromatic nitrogens is 3. The SMILES string of the molecule is COc1cc(OC)c(Cl)c(-c2cc3cnc(Nc4ccccc4)nc3n(Cc3cccc(CC(=O)/C=C/C[N+](C)(C)CC4=C([N+](=O)[O-])N=CC4)c3)c2=O)c1Cl. The number of nitrogens with one attached hydrogen (secondary N) is 1. The van der Waals surface area contributed by atoms with Crippen LogP contribution in [0.4, 0.5) is 11.6 Å². The average molecular weight is 784 g/mol. The minimum absolute atomic E-state index is 0.0938. The summed E-state index contributed by atoms with van der Waals surface area (Å²) in [6, 6.07) is 20.1. The largest absolute Gasteiger partial charge is 0.495 e. The van der Waals surface area contributed by atoms with E-state index in [4.69, 9.17) is 37.7 Å². The van der Waals surface area contributed by atoms with Crippen molar-refractivity contribution in [3.63, 3.8) is 0 Å². The number of anilines is 2. The third-order valence-electron chi connectivity index (χ3n) is 8.97. The van der Waals surface area contributed by atoms with E-state index in [1.807, 2.05) is 68.7 Å². The van der Waals surface area contributed by atoms with Crippen molar-refractivity contribution < 1.29 is 23.7 Å². The number of para-hydroxylation sites is 1. The van der Waals surface area contributed by atoms with Crippen LogP contribution in [0.2, 0.25) is 10.0 Å². The van der Waals surface area contributed by atoms with E-state index in [1.165, 1.54) is 24.9 Å². The van der Waals surface area contributed by atoms with Gasteiger partial charge in [0.2, 0.25) is 5.95 Å². The predicted octanol–water partition coefficient (Wildman–Crippen LogP) is 7.28. The van der Waals surface area contributed by atoms with Gasteiger partial charge in [-0.05, 0) is 46.4 Å². The summed E-state index contributed by atoms with van der Waals surface area (Å²) in [5, 5.41) is 15.3. The monoisotopic (exact) mass is 782 g/mol. The molecule has 0 saturated carbocycles.